The SMILES string of the molecule is CC.CC.CC.CCC(=O)NC.CCOC(=O)N1CCC(c2cnc(C)nc2)CC1.O=CO. The monoisotopic (exact) mass is 472 g/mol. The van der Waals surface area contributed by atoms with Crippen LogP contribution in [0.4, 0.5) is 4.79 Å². The Hall–Kier alpha value is -2.71. The zero-order valence-corrected chi connectivity index (χ0v) is 22.5. The second-order valence-electron chi connectivity index (χ2n) is 5.66. The van der Waals surface area contributed by atoms with Crippen LogP contribution in [0.3, 0.4) is 0 Å². The molecule has 1 aromatic heterocycles. The molecule has 33 heavy (non-hydrogen) atoms. The predicted molar refractivity (Wildman–Crippen MR) is 134 cm³/mol. The summed E-state index contributed by atoms with van der Waals surface area (Å²) < 4.78 is 5.00. The first-order chi connectivity index (χ1) is 15.9. The summed E-state index contributed by atoms with van der Waals surface area (Å²) in [4.78, 5) is 40.2. The van der Waals surface area contributed by atoms with Gasteiger partial charge in [0.05, 0.1) is 6.61 Å². The van der Waals surface area contributed by atoms with Gasteiger partial charge in [-0.2, -0.15) is 0 Å². The van der Waals surface area contributed by atoms with Gasteiger partial charge in [-0.05, 0) is 38.2 Å². The van der Waals surface area contributed by atoms with E-state index in [0.717, 1.165) is 31.8 Å². The third kappa shape index (κ3) is 20.9. The van der Waals surface area contributed by atoms with Crippen molar-refractivity contribution in [2.24, 2.45) is 0 Å². The number of carbonyl (C=O) groups is 3. The van der Waals surface area contributed by atoms with Gasteiger partial charge in [-0.1, -0.05) is 48.5 Å². The van der Waals surface area contributed by atoms with Gasteiger partial charge in [-0.3, -0.25) is 9.59 Å². The van der Waals surface area contributed by atoms with E-state index in [-0.39, 0.29) is 18.5 Å². The highest BCUT2D eigenvalue weighted by molar-refractivity contribution is 5.75. The molecule has 0 saturated carbocycles. The van der Waals surface area contributed by atoms with E-state index in [4.69, 9.17) is 14.6 Å². The highest BCUT2D eigenvalue weighted by Crippen LogP contribution is 2.27. The molecule has 0 bridgehead atoms. The van der Waals surface area contributed by atoms with E-state index in [1.54, 1.807) is 11.9 Å². The van der Waals surface area contributed by atoms with E-state index < -0.39 is 0 Å². The topological polar surface area (TPSA) is 122 Å². The molecule has 2 rings (SSSR count). The van der Waals surface area contributed by atoms with Crippen LogP contribution in [0.15, 0.2) is 12.4 Å². The molecule has 0 radical (unpaired) electrons. The van der Waals surface area contributed by atoms with Crippen LogP contribution in [-0.2, 0) is 14.3 Å². The van der Waals surface area contributed by atoms with Gasteiger partial charge < -0.3 is 20.1 Å². The fourth-order valence-corrected chi connectivity index (χ4v) is 2.40. The Balaban J connectivity index is -0.000000234. The van der Waals surface area contributed by atoms with Gasteiger partial charge in [-0.25, -0.2) is 14.8 Å². The van der Waals surface area contributed by atoms with Gasteiger partial charge in [0.25, 0.3) is 6.47 Å². The van der Waals surface area contributed by atoms with Crippen molar-refractivity contribution in [2.45, 2.75) is 87.5 Å². The minimum absolute atomic E-state index is 0.0926. The number of nitrogens with one attached hydrogen (secondary N) is 1. The average molecular weight is 473 g/mol. The van der Waals surface area contributed by atoms with Crippen LogP contribution >= 0.6 is 0 Å². The van der Waals surface area contributed by atoms with Crippen molar-refractivity contribution in [3.63, 3.8) is 0 Å². The van der Waals surface area contributed by atoms with Crippen molar-refractivity contribution in [3.8, 4) is 0 Å². The van der Waals surface area contributed by atoms with E-state index in [2.05, 4.69) is 15.3 Å². The quantitative estimate of drug-likeness (QED) is 0.591. The second-order valence-corrected chi connectivity index (χ2v) is 5.66. The van der Waals surface area contributed by atoms with E-state index in [0.29, 0.717) is 18.9 Å². The van der Waals surface area contributed by atoms with Crippen LogP contribution in [-0.4, -0.2) is 65.2 Å². The van der Waals surface area contributed by atoms with Crippen LogP contribution in [0.1, 0.15) is 92.0 Å². The van der Waals surface area contributed by atoms with Gasteiger partial charge in [0.15, 0.2) is 0 Å². The third-order valence-electron chi connectivity index (χ3n) is 3.89. The first-order valence-corrected chi connectivity index (χ1v) is 11.9. The molecule has 0 aromatic carbocycles. The number of aryl methyl sites for hydroxylation is 1. The van der Waals surface area contributed by atoms with Crippen LogP contribution in [0.5, 0.6) is 0 Å². The Morgan fingerprint density at radius 3 is 1.82 bits per heavy atom. The molecule has 9 heteroatoms. The number of amides is 2. The van der Waals surface area contributed by atoms with Gasteiger partial charge >= 0.3 is 6.09 Å². The Kier molecular flexibility index (Phi) is 33.4. The molecule has 2 amide bonds. The summed E-state index contributed by atoms with van der Waals surface area (Å²) in [6, 6.07) is 0. The molecule has 0 atom stereocenters. The lowest BCUT2D eigenvalue weighted by Crippen LogP contribution is -2.38. The van der Waals surface area contributed by atoms with E-state index in [1.165, 1.54) is 5.56 Å². The number of hydrogen-bond acceptors (Lipinski definition) is 6. The first kappa shape index (κ1) is 37.6. The molecule has 1 saturated heterocycles. The van der Waals surface area contributed by atoms with Crippen molar-refractivity contribution in [2.75, 3.05) is 26.7 Å². The Morgan fingerprint density at radius 2 is 1.52 bits per heavy atom. The lowest BCUT2D eigenvalue weighted by Gasteiger charge is -2.31. The number of carboxylic acid groups (broad SMARTS) is 1. The lowest BCUT2D eigenvalue weighted by molar-refractivity contribution is -0.123. The fourth-order valence-electron chi connectivity index (χ4n) is 2.40. The summed E-state index contributed by atoms with van der Waals surface area (Å²) in [5.74, 6) is 1.34. The number of likely N-dealkylation sites (tertiary alicyclic amines) is 1. The maximum Gasteiger partial charge on any atom is 0.409 e. The molecule has 1 fully saturated rings. The average Bonchev–Trinajstić information content (AvgIpc) is 2.89. The van der Waals surface area contributed by atoms with Crippen LogP contribution in [0, 0.1) is 6.92 Å². The van der Waals surface area contributed by atoms with E-state index >= 15 is 0 Å². The van der Waals surface area contributed by atoms with E-state index in [9.17, 15) is 9.59 Å². The molecule has 194 valence electrons. The minimum atomic E-state index is -0.250. The molecule has 1 aliphatic rings. The first-order valence-electron chi connectivity index (χ1n) is 11.9. The maximum absolute atomic E-state index is 11.6. The van der Waals surface area contributed by atoms with Crippen molar-refractivity contribution in [1.29, 1.82) is 0 Å². The number of carbonyl (C=O) groups excluding carboxylic acids is 2. The molecular weight excluding hydrogens is 424 g/mol. The molecule has 2 heterocycles. The number of aromatic nitrogens is 2. The predicted octanol–water partition coefficient (Wildman–Crippen LogP) is 5.04. The van der Waals surface area contributed by atoms with Gasteiger partial charge in [0, 0.05) is 39.0 Å². The summed E-state index contributed by atoms with van der Waals surface area (Å²) in [5, 5.41) is 9.36. The number of ether oxygens (including phenoxy) is 1. The molecule has 1 aromatic rings. The Morgan fingerprint density at radius 1 is 1.09 bits per heavy atom. The van der Waals surface area contributed by atoms with Crippen LogP contribution in [0.25, 0.3) is 0 Å². The van der Waals surface area contributed by atoms with Crippen molar-refractivity contribution >= 4 is 18.5 Å². The van der Waals surface area contributed by atoms with Crippen LogP contribution < -0.4 is 5.32 Å². The molecule has 0 unspecified atom stereocenters. The standard InChI is InChI=1S/C13H19N3O2.C4H9NO.3C2H6.CH2O2/c1-3-18-13(17)16-6-4-11(5-7-16)12-8-14-10(2)15-9-12;1-3-4(6)5-2;3*1-2;2-1-3/h8-9,11H,3-7H2,1-2H3;3H2,1-2H3,(H,5,6);3*1-2H3;1H,(H,2,3). The van der Waals surface area contributed by atoms with Gasteiger partial charge in [-0.15, -0.1) is 0 Å². The number of rotatable bonds is 3. The zero-order chi connectivity index (χ0) is 26.7. The second kappa shape index (κ2) is 29.3. The molecule has 9 nitrogen and oxygen atoms in total. The summed E-state index contributed by atoms with van der Waals surface area (Å²) in [6.07, 6.45) is 6.07. The summed E-state index contributed by atoms with van der Waals surface area (Å²) in [6.45, 7) is 19.2. The highest BCUT2D eigenvalue weighted by Gasteiger charge is 2.24. The maximum atomic E-state index is 11.6. The Labute approximate surface area is 201 Å². The molecule has 1 aliphatic heterocycles. The summed E-state index contributed by atoms with van der Waals surface area (Å²) in [7, 11) is 1.63. The summed E-state index contributed by atoms with van der Waals surface area (Å²) >= 11 is 0. The van der Waals surface area contributed by atoms with E-state index in [1.807, 2.05) is 74.7 Å². The molecule has 2 N–H and O–H groups in total. The van der Waals surface area contributed by atoms with Crippen molar-refractivity contribution < 1.29 is 24.2 Å². The number of nitrogens with zero attached hydrogens (tertiary/aromatic N) is 3. The molecular formula is C24H48N4O5. The lowest BCUT2D eigenvalue weighted by atomic mass is 9.91. The molecule has 0 spiro atoms. The Bertz CT molecular complexity index is 554. The number of hydrogen-bond donors (Lipinski definition) is 2. The third-order valence-corrected chi connectivity index (χ3v) is 3.89. The minimum Gasteiger partial charge on any atom is -0.483 e. The summed E-state index contributed by atoms with van der Waals surface area (Å²) in [5.41, 5.74) is 1.17. The van der Waals surface area contributed by atoms with Crippen molar-refractivity contribution in [1.82, 2.24) is 20.2 Å². The van der Waals surface area contributed by atoms with Gasteiger partial charge in [0.1, 0.15) is 5.82 Å². The van der Waals surface area contributed by atoms with Crippen LogP contribution in [0.2, 0.25) is 0 Å². The largest absolute Gasteiger partial charge is 0.483 e. The zero-order valence-electron chi connectivity index (χ0n) is 22.5. The highest BCUT2D eigenvalue weighted by atomic mass is 16.6. The van der Waals surface area contributed by atoms with Crippen molar-refractivity contribution in [3.05, 3.63) is 23.8 Å². The smallest absolute Gasteiger partial charge is 0.409 e. The number of piperidine rings is 1. The molecule has 0 aliphatic carbocycles. The fraction of sp³-hybridized carbons (Fsp3) is 0.708. The van der Waals surface area contributed by atoms with Gasteiger partial charge in [0.2, 0.25) is 5.91 Å². The normalized spacial score (nSPS) is 11.4.